The quantitative estimate of drug-likeness (QED) is 0.893. The van der Waals surface area contributed by atoms with Crippen LogP contribution in [0.15, 0.2) is 6.20 Å². The van der Waals surface area contributed by atoms with Gasteiger partial charge in [-0.25, -0.2) is 0 Å². The monoisotopic (exact) mass is 318 g/mol. The predicted molar refractivity (Wildman–Crippen MR) is 75.1 cm³/mol. The summed E-state index contributed by atoms with van der Waals surface area (Å²) in [5, 5.41) is 13.4. The zero-order valence-electron chi connectivity index (χ0n) is 12.7. The molecular weight excluding hydrogens is 297 g/mol. The number of halogens is 3. The molecule has 0 bridgehead atoms. The Morgan fingerprint density at radius 1 is 1.36 bits per heavy atom. The van der Waals surface area contributed by atoms with E-state index in [1.54, 1.807) is 13.8 Å². The molecule has 5 nitrogen and oxygen atoms in total. The van der Waals surface area contributed by atoms with Gasteiger partial charge in [0.2, 0.25) is 0 Å². The predicted octanol–water partition coefficient (Wildman–Crippen LogP) is 1.89. The van der Waals surface area contributed by atoms with E-state index in [1.807, 2.05) is 0 Å². The summed E-state index contributed by atoms with van der Waals surface area (Å²) < 4.78 is 39.5. The van der Waals surface area contributed by atoms with E-state index in [2.05, 4.69) is 10.00 Å². The largest absolute Gasteiger partial charge is 0.437 e. The van der Waals surface area contributed by atoms with Gasteiger partial charge >= 0.3 is 6.18 Å². The van der Waals surface area contributed by atoms with Gasteiger partial charge in [0.1, 0.15) is 0 Å². The number of nitrogen functional groups attached to an aromatic ring is 1. The van der Waals surface area contributed by atoms with Crippen LogP contribution in [-0.4, -0.2) is 45.0 Å². The average molecular weight is 318 g/mol. The molecule has 22 heavy (non-hydrogen) atoms. The zero-order chi connectivity index (χ0) is 16.3. The van der Waals surface area contributed by atoms with E-state index in [0.717, 1.165) is 25.9 Å². The molecule has 2 fully saturated rings. The van der Waals surface area contributed by atoms with Crippen molar-refractivity contribution in [3.8, 4) is 0 Å². The molecule has 0 radical (unpaired) electrons. The second kappa shape index (κ2) is 4.61. The van der Waals surface area contributed by atoms with E-state index < -0.39 is 17.5 Å². The maximum absolute atomic E-state index is 12.7. The summed E-state index contributed by atoms with van der Waals surface area (Å²) in [5.74, 6) is 0. The van der Waals surface area contributed by atoms with Crippen LogP contribution in [0.25, 0.3) is 0 Å². The van der Waals surface area contributed by atoms with E-state index in [-0.39, 0.29) is 17.1 Å². The van der Waals surface area contributed by atoms with Crippen LogP contribution in [0.5, 0.6) is 0 Å². The fourth-order valence-electron chi connectivity index (χ4n) is 3.76. The number of hydrogen-bond acceptors (Lipinski definition) is 4. The normalized spacial score (nSPS) is 22.6. The first kappa shape index (κ1) is 15.6. The molecule has 1 spiro atoms. The number of nitrogens with two attached hydrogens (primary N) is 1. The van der Waals surface area contributed by atoms with Crippen LogP contribution in [0.1, 0.15) is 38.4 Å². The molecule has 1 saturated heterocycles. The van der Waals surface area contributed by atoms with Gasteiger partial charge in [-0.1, -0.05) is 0 Å². The summed E-state index contributed by atoms with van der Waals surface area (Å²) in [4.78, 5) is 2.18. The van der Waals surface area contributed by atoms with Crippen LogP contribution >= 0.6 is 0 Å². The summed E-state index contributed by atoms with van der Waals surface area (Å²) in [6.45, 7) is 5.93. The maximum atomic E-state index is 12.7. The molecule has 0 atom stereocenters. The van der Waals surface area contributed by atoms with Gasteiger partial charge in [-0.05, 0) is 32.1 Å². The highest BCUT2D eigenvalue weighted by atomic mass is 19.4. The van der Waals surface area contributed by atoms with Gasteiger partial charge in [-0.2, -0.15) is 18.3 Å². The molecule has 2 heterocycles. The van der Waals surface area contributed by atoms with Gasteiger partial charge in [0, 0.05) is 25.8 Å². The van der Waals surface area contributed by atoms with E-state index in [1.165, 1.54) is 10.9 Å². The van der Waals surface area contributed by atoms with Crippen molar-refractivity contribution in [1.82, 2.24) is 14.7 Å². The van der Waals surface area contributed by atoms with E-state index in [4.69, 9.17) is 5.73 Å². The minimum Gasteiger partial charge on any atom is -0.396 e. The van der Waals surface area contributed by atoms with Crippen LogP contribution in [0, 0.1) is 5.41 Å². The first-order valence-corrected chi connectivity index (χ1v) is 7.34. The van der Waals surface area contributed by atoms with E-state index >= 15 is 0 Å². The molecule has 1 aliphatic carbocycles. The van der Waals surface area contributed by atoms with Crippen molar-refractivity contribution in [3.63, 3.8) is 0 Å². The molecular formula is C14H21F3N4O. The molecule has 0 unspecified atom stereocenters. The van der Waals surface area contributed by atoms with Gasteiger partial charge in [0.15, 0.2) is 5.69 Å². The first-order valence-electron chi connectivity index (χ1n) is 7.34. The SMILES string of the molecule is CC(C)(O)CN1CC2(CC(n3cc(N)c(C(F)(F)F)n3)C2)C1. The number of aromatic nitrogens is 2. The molecule has 2 aliphatic rings. The third-order valence-electron chi connectivity index (χ3n) is 4.47. The van der Waals surface area contributed by atoms with Crippen LogP contribution in [-0.2, 0) is 6.18 Å². The second-order valence-electron chi connectivity index (χ2n) is 7.43. The molecule has 0 aromatic carbocycles. The number of hydrogen-bond donors (Lipinski definition) is 2. The number of nitrogens with zero attached hydrogens (tertiary/aromatic N) is 3. The molecule has 1 aromatic heterocycles. The summed E-state index contributed by atoms with van der Waals surface area (Å²) in [6.07, 6.45) is -1.59. The Balaban J connectivity index is 1.57. The van der Waals surface area contributed by atoms with E-state index in [0.29, 0.717) is 6.54 Å². The Hall–Kier alpha value is -1.28. The molecule has 0 amide bonds. The first-order chi connectivity index (χ1) is 9.97. The van der Waals surface area contributed by atoms with Crippen molar-refractivity contribution in [3.05, 3.63) is 11.9 Å². The third-order valence-corrected chi connectivity index (χ3v) is 4.47. The fraction of sp³-hybridized carbons (Fsp3) is 0.786. The highest BCUT2D eigenvalue weighted by Gasteiger charge is 2.53. The minimum absolute atomic E-state index is 0.0114. The van der Waals surface area contributed by atoms with Gasteiger partial charge in [0.05, 0.1) is 17.3 Å². The fourth-order valence-corrected chi connectivity index (χ4v) is 3.76. The number of aliphatic hydroxyl groups is 1. The number of rotatable bonds is 3. The van der Waals surface area contributed by atoms with Crippen molar-refractivity contribution in [2.24, 2.45) is 5.41 Å². The zero-order valence-corrected chi connectivity index (χ0v) is 12.7. The van der Waals surface area contributed by atoms with Crippen LogP contribution in [0.4, 0.5) is 18.9 Å². The Morgan fingerprint density at radius 3 is 2.41 bits per heavy atom. The second-order valence-corrected chi connectivity index (χ2v) is 7.43. The van der Waals surface area contributed by atoms with Gasteiger partial charge < -0.3 is 10.8 Å². The standard InChI is InChI=1S/C14H21F3N4O/c1-12(2,22)6-20-7-13(8-20)3-9(4-13)21-5-10(18)11(19-21)14(15,16)17/h5,9,22H,3-4,6-8,18H2,1-2H3. The Morgan fingerprint density at radius 2 is 1.95 bits per heavy atom. The van der Waals surface area contributed by atoms with Gasteiger partial charge in [0.25, 0.3) is 0 Å². The van der Waals surface area contributed by atoms with Crippen molar-refractivity contribution >= 4 is 5.69 Å². The number of alkyl halides is 3. The third kappa shape index (κ3) is 2.81. The van der Waals surface area contributed by atoms with Crippen molar-refractivity contribution in [2.45, 2.75) is 44.5 Å². The lowest BCUT2D eigenvalue weighted by molar-refractivity contribution is -0.142. The summed E-state index contributed by atoms with van der Waals surface area (Å²) >= 11 is 0. The molecule has 124 valence electrons. The molecule has 3 rings (SSSR count). The molecule has 1 aromatic rings. The summed E-state index contributed by atoms with van der Waals surface area (Å²) in [6, 6.07) is -0.0114. The lowest BCUT2D eigenvalue weighted by Gasteiger charge is -2.59. The Bertz CT molecular complexity index is 562. The molecule has 3 N–H and O–H groups in total. The van der Waals surface area contributed by atoms with Crippen molar-refractivity contribution in [1.29, 1.82) is 0 Å². The summed E-state index contributed by atoms with van der Waals surface area (Å²) in [5.41, 5.74) is 3.56. The van der Waals surface area contributed by atoms with Crippen molar-refractivity contribution < 1.29 is 18.3 Å². The molecule has 8 heteroatoms. The van der Waals surface area contributed by atoms with Crippen LogP contribution in [0.2, 0.25) is 0 Å². The lowest BCUT2D eigenvalue weighted by atomic mass is 9.60. The maximum Gasteiger partial charge on any atom is 0.437 e. The Kier molecular flexibility index (Phi) is 3.27. The topological polar surface area (TPSA) is 67.3 Å². The Labute approximate surface area is 126 Å². The highest BCUT2D eigenvalue weighted by molar-refractivity contribution is 5.42. The molecule has 1 aliphatic heterocycles. The lowest BCUT2D eigenvalue weighted by Crippen LogP contribution is -2.64. The van der Waals surface area contributed by atoms with Crippen molar-refractivity contribution in [2.75, 3.05) is 25.4 Å². The van der Waals surface area contributed by atoms with Crippen LogP contribution in [0.3, 0.4) is 0 Å². The molecule has 1 saturated carbocycles. The minimum atomic E-state index is -4.50. The van der Waals surface area contributed by atoms with E-state index in [9.17, 15) is 18.3 Å². The van der Waals surface area contributed by atoms with Gasteiger partial charge in [-0.15, -0.1) is 0 Å². The van der Waals surface area contributed by atoms with Crippen LogP contribution < -0.4 is 5.73 Å². The van der Waals surface area contributed by atoms with Gasteiger partial charge in [-0.3, -0.25) is 9.58 Å². The number of likely N-dealkylation sites (tertiary alicyclic amines) is 1. The number of anilines is 1. The summed E-state index contributed by atoms with van der Waals surface area (Å²) in [7, 11) is 0. The average Bonchev–Trinajstić information content (AvgIpc) is 2.59. The number of β-amino-alcohol motifs (C(OH)–C–C–N with tert-alkyl or cyclic N) is 1. The smallest absolute Gasteiger partial charge is 0.396 e. The highest BCUT2D eigenvalue weighted by Crippen LogP contribution is 2.54.